The molecule has 0 fully saturated rings. The van der Waals surface area contributed by atoms with E-state index in [1.807, 2.05) is 18.3 Å². The van der Waals surface area contributed by atoms with E-state index in [2.05, 4.69) is 103 Å². The van der Waals surface area contributed by atoms with E-state index in [1.165, 1.54) is 39.2 Å². The predicted octanol–water partition coefficient (Wildman–Crippen LogP) is 9.44. The first-order valence-corrected chi connectivity index (χ1v) is 15.9. The molecule has 6 rings (SSSR count). The number of anilines is 1. The van der Waals surface area contributed by atoms with Crippen LogP contribution in [0.5, 0.6) is 0 Å². The molecule has 0 radical (unpaired) electrons. The van der Waals surface area contributed by atoms with E-state index in [0.717, 1.165) is 39.5 Å². The number of nitrogen functional groups attached to an aromatic ring is 1. The second-order valence-corrected chi connectivity index (χ2v) is 15.3. The number of nitrogens with two attached hydrogens (primary N) is 1. The molecule has 0 saturated heterocycles. The smallest absolute Gasteiger partial charge is 0.123 e. The van der Waals surface area contributed by atoms with Crippen LogP contribution in [0.25, 0.3) is 32.6 Å². The van der Waals surface area contributed by atoms with Crippen molar-refractivity contribution >= 4 is 38.3 Å². The molecule has 0 aliphatic rings. The standard InChI is InChI=1S/C39H46FN5/c1-23-11-15-32-30(20-42-44(32)21-38(7,8)31-19-28(41)17-26-13-14-27(40)18-29(26)31)35(23)39(9,10)22-45-33-16-12-24(2)36(37(4,5)6)34(33)25(3)43-45/h11-20H,21-22,41H2,1-10H3. The van der Waals surface area contributed by atoms with Crippen LogP contribution in [0.3, 0.4) is 0 Å². The Hall–Kier alpha value is -4.19. The Labute approximate surface area is 266 Å². The van der Waals surface area contributed by atoms with Crippen LogP contribution >= 0.6 is 0 Å². The van der Waals surface area contributed by atoms with E-state index < -0.39 is 0 Å². The molecule has 0 atom stereocenters. The maximum atomic E-state index is 14.4. The Morgan fingerprint density at radius 3 is 2.04 bits per heavy atom. The van der Waals surface area contributed by atoms with Crippen molar-refractivity contribution < 1.29 is 4.39 Å². The molecule has 2 N–H and O–H groups in total. The highest BCUT2D eigenvalue weighted by Crippen LogP contribution is 2.40. The van der Waals surface area contributed by atoms with Crippen molar-refractivity contribution in [3.05, 3.63) is 100 Å². The molecule has 4 aromatic carbocycles. The molecule has 0 amide bonds. The first-order chi connectivity index (χ1) is 21.0. The highest BCUT2D eigenvalue weighted by Gasteiger charge is 2.31. The molecule has 0 aliphatic carbocycles. The molecule has 0 saturated carbocycles. The summed E-state index contributed by atoms with van der Waals surface area (Å²) in [6.45, 7) is 23.7. The van der Waals surface area contributed by atoms with Gasteiger partial charge in [-0.15, -0.1) is 0 Å². The van der Waals surface area contributed by atoms with E-state index in [-0.39, 0.29) is 22.1 Å². The second-order valence-electron chi connectivity index (χ2n) is 15.3. The molecule has 2 heterocycles. The molecule has 45 heavy (non-hydrogen) atoms. The van der Waals surface area contributed by atoms with Gasteiger partial charge < -0.3 is 5.73 Å². The van der Waals surface area contributed by atoms with E-state index in [4.69, 9.17) is 15.9 Å². The number of fused-ring (bicyclic) bond motifs is 3. The van der Waals surface area contributed by atoms with Crippen molar-refractivity contribution in [2.75, 3.05) is 5.73 Å². The molecule has 2 aromatic heterocycles. The Kier molecular flexibility index (Phi) is 7.15. The zero-order valence-corrected chi connectivity index (χ0v) is 28.4. The van der Waals surface area contributed by atoms with Gasteiger partial charge in [-0.05, 0) is 101 Å². The number of aryl methyl sites for hydroxylation is 3. The third kappa shape index (κ3) is 5.28. The summed E-state index contributed by atoms with van der Waals surface area (Å²) in [5, 5.41) is 14.3. The molecule has 0 unspecified atom stereocenters. The first kappa shape index (κ1) is 30.8. The fourth-order valence-electron chi connectivity index (χ4n) is 7.76. The number of halogens is 1. The van der Waals surface area contributed by atoms with Crippen LogP contribution in [0.1, 0.15) is 82.0 Å². The monoisotopic (exact) mass is 603 g/mol. The summed E-state index contributed by atoms with van der Waals surface area (Å²) in [6, 6.07) is 17.7. The topological polar surface area (TPSA) is 61.7 Å². The Balaban J connectivity index is 1.41. The fourth-order valence-corrected chi connectivity index (χ4v) is 7.76. The van der Waals surface area contributed by atoms with Gasteiger partial charge in [0.2, 0.25) is 0 Å². The summed E-state index contributed by atoms with van der Waals surface area (Å²) in [6.07, 6.45) is 2.01. The zero-order chi connectivity index (χ0) is 32.6. The van der Waals surface area contributed by atoms with Crippen molar-refractivity contribution in [1.29, 1.82) is 0 Å². The van der Waals surface area contributed by atoms with Crippen LogP contribution in [0, 0.1) is 26.6 Å². The second kappa shape index (κ2) is 10.4. The SMILES string of the molecule is Cc1ccc2c(cnn2CC(C)(C)c2cc(N)cc3ccc(F)cc23)c1C(C)(C)Cn1nc(C)c2c(C(C)(C)C)c(C)ccc21. The molecular weight excluding hydrogens is 557 g/mol. The van der Waals surface area contributed by atoms with E-state index in [9.17, 15) is 4.39 Å². The van der Waals surface area contributed by atoms with Gasteiger partial charge >= 0.3 is 0 Å². The lowest BCUT2D eigenvalue weighted by Crippen LogP contribution is -2.27. The normalized spacial score (nSPS) is 13.0. The van der Waals surface area contributed by atoms with Crippen molar-refractivity contribution in [2.45, 2.75) is 98.6 Å². The van der Waals surface area contributed by atoms with E-state index in [1.54, 1.807) is 12.1 Å². The molecule has 6 aromatic rings. The molecular formula is C39H46FN5. The molecule has 0 aliphatic heterocycles. The summed E-state index contributed by atoms with van der Waals surface area (Å²) in [4.78, 5) is 0. The van der Waals surface area contributed by atoms with Gasteiger partial charge in [0.05, 0.1) is 36.0 Å². The Morgan fingerprint density at radius 2 is 1.36 bits per heavy atom. The van der Waals surface area contributed by atoms with Gasteiger partial charge in [0, 0.05) is 27.3 Å². The van der Waals surface area contributed by atoms with Gasteiger partial charge in [0.1, 0.15) is 5.82 Å². The van der Waals surface area contributed by atoms with Gasteiger partial charge in [-0.3, -0.25) is 9.36 Å². The minimum atomic E-state index is -0.366. The number of hydrogen-bond acceptors (Lipinski definition) is 3. The average Bonchev–Trinajstić information content (AvgIpc) is 3.46. The van der Waals surface area contributed by atoms with Crippen LogP contribution in [0.15, 0.2) is 60.8 Å². The van der Waals surface area contributed by atoms with Crippen molar-refractivity contribution in [2.24, 2.45) is 0 Å². The molecule has 0 spiro atoms. The predicted molar refractivity (Wildman–Crippen MR) is 187 cm³/mol. The van der Waals surface area contributed by atoms with E-state index in [0.29, 0.717) is 12.2 Å². The van der Waals surface area contributed by atoms with E-state index >= 15 is 0 Å². The number of rotatable bonds is 6. The van der Waals surface area contributed by atoms with Gasteiger partial charge in [-0.25, -0.2) is 4.39 Å². The van der Waals surface area contributed by atoms with Crippen molar-refractivity contribution in [3.8, 4) is 0 Å². The molecule has 5 nitrogen and oxygen atoms in total. The highest BCUT2D eigenvalue weighted by atomic mass is 19.1. The minimum Gasteiger partial charge on any atom is -0.399 e. The molecule has 0 bridgehead atoms. The lowest BCUT2D eigenvalue weighted by atomic mass is 9.79. The maximum Gasteiger partial charge on any atom is 0.123 e. The fraction of sp³-hybridized carbons (Fsp3) is 0.385. The highest BCUT2D eigenvalue weighted by molar-refractivity contribution is 5.90. The zero-order valence-electron chi connectivity index (χ0n) is 28.4. The lowest BCUT2D eigenvalue weighted by Gasteiger charge is -2.29. The summed E-state index contributed by atoms with van der Waals surface area (Å²) >= 11 is 0. The summed E-state index contributed by atoms with van der Waals surface area (Å²) in [5.41, 5.74) is 16.0. The summed E-state index contributed by atoms with van der Waals surface area (Å²) in [7, 11) is 0. The largest absolute Gasteiger partial charge is 0.399 e. The Bertz CT molecular complexity index is 2100. The van der Waals surface area contributed by atoms with Crippen LogP contribution in [0.4, 0.5) is 10.1 Å². The van der Waals surface area contributed by atoms with Crippen molar-refractivity contribution in [3.63, 3.8) is 0 Å². The summed E-state index contributed by atoms with van der Waals surface area (Å²) < 4.78 is 18.7. The molecule has 6 heteroatoms. The number of hydrogen-bond donors (Lipinski definition) is 1. The average molecular weight is 604 g/mol. The minimum absolute atomic E-state index is 0.0220. The number of nitrogens with zero attached hydrogens (tertiary/aromatic N) is 4. The maximum absolute atomic E-state index is 14.4. The molecule has 234 valence electrons. The van der Waals surface area contributed by atoms with Crippen LogP contribution in [0.2, 0.25) is 0 Å². The van der Waals surface area contributed by atoms with Gasteiger partial charge in [0.15, 0.2) is 0 Å². The van der Waals surface area contributed by atoms with Crippen LogP contribution in [-0.2, 0) is 29.3 Å². The quantitative estimate of drug-likeness (QED) is 0.193. The number of benzene rings is 4. The first-order valence-electron chi connectivity index (χ1n) is 15.9. The van der Waals surface area contributed by atoms with Crippen LogP contribution < -0.4 is 5.73 Å². The summed E-state index contributed by atoms with van der Waals surface area (Å²) in [5.74, 6) is -0.249. The van der Waals surface area contributed by atoms with Gasteiger partial charge in [-0.2, -0.15) is 10.2 Å². The Morgan fingerprint density at radius 1 is 0.711 bits per heavy atom. The number of aromatic nitrogens is 4. The lowest BCUT2D eigenvalue weighted by molar-refractivity contribution is 0.416. The third-order valence-corrected chi connectivity index (χ3v) is 9.52. The van der Waals surface area contributed by atoms with Gasteiger partial charge in [-0.1, -0.05) is 66.7 Å². The van der Waals surface area contributed by atoms with Crippen molar-refractivity contribution in [1.82, 2.24) is 19.6 Å². The van der Waals surface area contributed by atoms with Gasteiger partial charge in [0.25, 0.3) is 0 Å². The third-order valence-electron chi connectivity index (χ3n) is 9.52. The van der Waals surface area contributed by atoms with Crippen LogP contribution in [-0.4, -0.2) is 19.6 Å².